The molecule has 10 nitrogen and oxygen atoms in total. The highest BCUT2D eigenvalue weighted by Gasteiger charge is 2.27. The number of carbonyl (C=O) groups is 4. The first-order valence-corrected chi connectivity index (χ1v) is 8.94. The Bertz CT molecular complexity index is 563. The van der Waals surface area contributed by atoms with E-state index in [4.69, 9.17) is 9.47 Å². The van der Waals surface area contributed by atoms with Crippen molar-refractivity contribution >= 4 is 24.1 Å². The number of ether oxygens (including phenoxy) is 3. The number of rotatable bonds is 8. The van der Waals surface area contributed by atoms with Crippen molar-refractivity contribution in [3.63, 3.8) is 0 Å². The molecule has 0 fully saturated rings. The fraction of sp³-hybridized carbons (Fsp3) is 0.778. The van der Waals surface area contributed by atoms with Crippen molar-refractivity contribution < 1.29 is 38.5 Å². The fourth-order valence-corrected chi connectivity index (χ4v) is 2.07. The Hall–Kier alpha value is -2.52. The van der Waals surface area contributed by atoms with Gasteiger partial charge in [-0.3, -0.25) is 0 Å². The molecule has 0 aliphatic heterocycles. The number of esters is 1. The summed E-state index contributed by atoms with van der Waals surface area (Å²) in [4.78, 5) is 46.8. The molecule has 0 aromatic carbocycles. The van der Waals surface area contributed by atoms with E-state index in [9.17, 15) is 24.3 Å². The van der Waals surface area contributed by atoms with Crippen molar-refractivity contribution in [3.8, 4) is 0 Å². The minimum atomic E-state index is -1.24. The number of amides is 2. The van der Waals surface area contributed by atoms with Gasteiger partial charge in [-0.15, -0.1) is 0 Å². The number of alkyl carbamates (subject to hydrolysis) is 2. The summed E-state index contributed by atoms with van der Waals surface area (Å²) in [7, 11) is 1.18. The van der Waals surface area contributed by atoms with E-state index in [2.05, 4.69) is 15.4 Å². The van der Waals surface area contributed by atoms with Crippen LogP contribution >= 0.6 is 0 Å². The van der Waals surface area contributed by atoms with E-state index in [1.165, 1.54) is 7.11 Å². The van der Waals surface area contributed by atoms with E-state index >= 15 is 0 Å². The molecule has 0 saturated carbocycles. The van der Waals surface area contributed by atoms with E-state index in [-0.39, 0.29) is 19.3 Å². The summed E-state index contributed by atoms with van der Waals surface area (Å²) >= 11 is 0. The number of aliphatic carboxylic acids is 1. The molecule has 0 rings (SSSR count). The van der Waals surface area contributed by atoms with E-state index in [0.29, 0.717) is 0 Å². The Kier molecular flexibility index (Phi) is 9.76. The molecule has 3 N–H and O–H groups in total. The van der Waals surface area contributed by atoms with Gasteiger partial charge in [-0.25, -0.2) is 19.2 Å². The molecule has 2 atom stereocenters. The zero-order valence-corrected chi connectivity index (χ0v) is 17.6. The van der Waals surface area contributed by atoms with Gasteiger partial charge in [0.15, 0.2) is 0 Å². The summed E-state index contributed by atoms with van der Waals surface area (Å²) < 4.78 is 14.8. The maximum atomic E-state index is 11.9. The second-order valence-corrected chi connectivity index (χ2v) is 8.19. The minimum Gasteiger partial charge on any atom is -0.480 e. The van der Waals surface area contributed by atoms with Gasteiger partial charge < -0.3 is 30.0 Å². The smallest absolute Gasteiger partial charge is 0.408 e. The zero-order valence-electron chi connectivity index (χ0n) is 17.6. The summed E-state index contributed by atoms with van der Waals surface area (Å²) in [6.45, 7) is 10.0. The summed E-state index contributed by atoms with van der Waals surface area (Å²) in [5.74, 6) is -1.92. The molecule has 10 heteroatoms. The number of hydrogen-bond donors (Lipinski definition) is 3. The predicted molar refractivity (Wildman–Crippen MR) is 99.8 cm³/mol. The maximum Gasteiger partial charge on any atom is 0.408 e. The molecule has 0 aromatic heterocycles. The van der Waals surface area contributed by atoms with Crippen molar-refractivity contribution in [3.05, 3.63) is 0 Å². The predicted octanol–water partition coefficient (Wildman–Crippen LogP) is 2.20. The van der Waals surface area contributed by atoms with Crippen LogP contribution < -0.4 is 10.6 Å². The van der Waals surface area contributed by atoms with Gasteiger partial charge >= 0.3 is 24.1 Å². The van der Waals surface area contributed by atoms with E-state index < -0.39 is 47.4 Å². The van der Waals surface area contributed by atoms with E-state index in [1.54, 1.807) is 41.5 Å². The third kappa shape index (κ3) is 12.0. The van der Waals surface area contributed by atoms with Gasteiger partial charge in [0.05, 0.1) is 7.11 Å². The summed E-state index contributed by atoms with van der Waals surface area (Å²) in [5, 5.41) is 13.9. The van der Waals surface area contributed by atoms with Crippen molar-refractivity contribution in [2.75, 3.05) is 7.11 Å². The molecule has 2 amide bonds. The van der Waals surface area contributed by atoms with Crippen LogP contribution in [0.1, 0.15) is 60.8 Å². The van der Waals surface area contributed by atoms with Crippen LogP contribution in [0.25, 0.3) is 0 Å². The van der Waals surface area contributed by atoms with Gasteiger partial charge in [0, 0.05) is 0 Å². The summed E-state index contributed by atoms with van der Waals surface area (Å²) in [6, 6.07) is -2.20. The lowest BCUT2D eigenvalue weighted by atomic mass is 10.1. The Balaban J connectivity index is 4.77. The highest BCUT2D eigenvalue weighted by atomic mass is 16.6. The number of nitrogens with one attached hydrogen (secondary N) is 2. The average molecular weight is 404 g/mol. The fourth-order valence-electron chi connectivity index (χ4n) is 2.07. The molecular weight excluding hydrogens is 372 g/mol. The normalized spacial score (nSPS) is 13.7. The molecule has 0 radical (unpaired) electrons. The molecule has 0 heterocycles. The Morgan fingerprint density at radius 2 is 1.21 bits per heavy atom. The molecule has 0 unspecified atom stereocenters. The largest absolute Gasteiger partial charge is 0.480 e. The van der Waals surface area contributed by atoms with Crippen molar-refractivity contribution in [1.29, 1.82) is 0 Å². The first-order chi connectivity index (χ1) is 12.6. The standard InChI is InChI=1S/C18H32N2O8/c1-17(2,3)27-15(24)19-11(13(21)22)9-8-10-12(14(23)26-7)20-16(25)28-18(4,5)6/h11-12H,8-10H2,1-7H3,(H,19,24)(H,20,25)(H,21,22)/t11-,12-/m0/s1. The highest BCUT2D eigenvalue weighted by molar-refractivity contribution is 5.81. The second-order valence-electron chi connectivity index (χ2n) is 8.19. The molecule has 0 aliphatic rings. The van der Waals surface area contributed by atoms with Gasteiger partial charge in [-0.05, 0) is 60.8 Å². The van der Waals surface area contributed by atoms with Crippen molar-refractivity contribution in [2.45, 2.75) is 84.1 Å². The van der Waals surface area contributed by atoms with Gasteiger partial charge in [0.2, 0.25) is 0 Å². The number of carboxylic acid groups (broad SMARTS) is 1. The van der Waals surface area contributed by atoms with E-state index in [0.717, 1.165) is 0 Å². The monoisotopic (exact) mass is 404 g/mol. The number of carboxylic acids is 1. The van der Waals surface area contributed by atoms with Crippen LogP contribution in [0, 0.1) is 0 Å². The first-order valence-electron chi connectivity index (χ1n) is 8.94. The summed E-state index contributed by atoms with van der Waals surface area (Å²) in [5.41, 5.74) is -1.50. The molecule has 28 heavy (non-hydrogen) atoms. The molecule has 0 saturated heterocycles. The Morgan fingerprint density at radius 3 is 1.57 bits per heavy atom. The molecule has 0 aromatic rings. The van der Waals surface area contributed by atoms with Crippen LogP contribution in [-0.4, -0.2) is 59.6 Å². The minimum absolute atomic E-state index is 0.0259. The third-order valence-corrected chi connectivity index (χ3v) is 3.15. The Morgan fingerprint density at radius 1 is 0.821 bits per heavy atom. The topological polar surface area (TPSA) is 140 Å². The van der Waals surface area contributed by atoms with Crippen LogP contribution in [0.3, 0.4) is 0 Å². The van der Waals surface area contributed by atoms with Crippen LogP contribution in [0.2, 0.25) is 0 Å². The number of carbonyl (C=O) groups excluding carboxylic acids is 3. The SMILES string of the molecule is COC(=O)[C@H](CCC[C@H](NC(=O)OC(C)(C)C)C(=O)O)NC(=O)OC(C)(C)C. The van der Waals surface area contributed by atoms with Crippen molar-refractivity contribution in [2.24, 2.45) is 0 Å². The third-order valence-electron chi connectivity index (χ3n) is 3.15. The average Bonchev–Trinajstić information content (AvgIpc) is 2.48. The summed E-state index contributed by atoms with van der Waals surface area (Å²) in [6.07, 6.45) is -1.30. The zero-order chi connectivity index (χ0) is 22.1. The molecule has 162 valence electrons. The molecule has 0 spiro atoms. The quantitative estimate of drug-likeness (QED) is 0.413. The lowest BCUT2D eigenvalue weighted by Crippen LogP contribution is -2.45. The number of methoxy groups -OCH3 is 1. The number of hydrogen-bond acceptors (Lipinski definition) is 7. The lowest BCUT2D eigenvalue weighted by Gasteiger charge is -2.23. The molecule has 0 bridgehead atoms. The van der Waals surface area contributed by atoms with Gasteiger partial charge in [-0.2, -0.15) is 0 Å². The van der Waals surface area contributed by atoms with Crippen LogP contribution in [0.4, 0.5) is 9.59 Å². The van der Waals surface area contributed by atoms with Crippen LogP contribution in [0.15, 0.2) is 0 Å². The lowest BCUT2D eigenvalue weighted by molar-refractivity contribution is -0.143. The maximum absolute atomic E-state index is 11.9. The highest BCUT2D eigenvalue weighted by Crippen LogP contribution is 2.11. The first kappa shape index (κ1) is 25.5. The van der Waals surface area contributed by atoms with Crippen LogP contribution in [-0.2, 0) is 23.8 Å². The van der Waals surface area contributed by atoms with Crippen LogP contribution in [0.5, 0.6) is 0 Å². The molecular formula is C18H32N2O8. The van der Waals surface area contributed by atoms with Gasteiger partial charge in [0.1, 0.15) is 23.3 Å². The molecule has 0 aliphatic carbocycles. The van der Waals surface area contributed by atoms with Gasteiger partial charge in [0.25, 0.3) is 0 Å². The second kappa shape index (κ2) is 10.7. The van der Waals surface area contributed by atoms with Crippen molar-refractivity contribution in [1.82, 2.24) is 10.6 Å². The van der Waals surface area contributed by atoms with E-state index in [1.807, 2.05) is 0 Å². The van der Waals surface area contributed by atoms with Gasteiger partial charge in [-0.1, -0.05) is 0 Å². The Labute approximate surface area is 165 Å².